The Bertz CT molecular complexity index is 508. The van der Waals surface area contributed by atoms with Gasteiger partial charge in [-0.3, -0.25) is 14.9 Å². The Hall–Kier alpha value is -1.74. The standard InChI is InChI=1S/C11H9BrN2O3/c1-7(15)11(12)10-3-2-9(14(16)17)6-8(10)4-5-13/h2-3,6,11H,4H2,1H3. The van der Waals surface area contributed by atoms with Gasteiger partial charge in [-0.2, -0.15) is 5.26 Å². The number of carbonyl (C=O) groups is 1. The second-order valence-corrected chi connectivity index (χ2v) is 4.36. The lowest BCUT2D eigenvalue weighted by Crippen LogP contribution is -2.05. The highest BCUT2D eigenvalue weighted by Gasteiger charge is 2.19. The monoisotopic (exact) mass is 296 g/mol. The summed E-state index contributed by atoms with van der Waals surface area (Å²) >= 11 is 3.20. The van der Waals surface area contributed by atoms with Gasteiger partial charge in [-0.25, -0.2) is 0 Å². The molecule has 0 bridgehead atoms. The molecule has 0 heterocycles. The number of halogens is 1. The maximum Gasteiger partial charge on any atom is 0.269 e. The molecule has 17 heavy (non-hydrogen) atoms. The van der Waals surface area contributed by atoms with E-state index in [-0.39, 0.29) is 17.9 Å². The molecule has 0 fully saturated rings. The summed E-state index contributed by atoms with van der Waals surface area (Å²) in [7, 11) is 0. The molecule has 6 heteroatoms. The number of hydrogen-bond donors (Lipinski definition) is 0. The summed E-state index contributed by atoms with van der Waals surface area (Å²) in [5.41, 5.74) is 1.02. The second-order valence-electron chi connectivity index (χ2n) is 3.45. The fourth-order valence-electron chi connectivity index (χ4n) is 1.41. The Morgan fingerprint density at radius 2 is 2.29 bits per heavy atom. The molecule has 1 aromatic rings. The number of alkyl halides is 1. The van der Waals surface area contributed by atoms with E-state index in [0.29, 0.717) is 11.1 Å². The molecule has 0 aliphatic rings. The molecule has 5 nitrogen and oxygen atoms in total. The minimum atomic E-state index is -0.536. The Kier molecular flexibility index (Phi) is 4.35. The highest BCUT2D eigenvalue weighted by molar-refractivity contribution is 9.09. The van der Waals surface area contributed by atoms with Crippen molar-refractivity contribution in [3.63, 3.8) is 0 Å². The predicted octanol–water partition coefficient (Wildman–Crippen LogP) is 2.69. The molecule has 0 spiro atoms. The van der Waals surface area contributed by atoms with Crippen molar-refractivity contribution in [2.45, 2.75) is 18.2 Å². The molecule has 0 N–H and O–H groups in total. The van der Waals surface area contributed by atoms with Crippen molar-refractivity contribution in [2.75, 3.05) is 0 Å². The van der Waals surface area contributed by atoms with E-state index in [1.54, 1.807) is 0 Å². The highest BCUT2D eigenvalue weighted by Crippen LogP contribution is 2.29. The van der Waals surface area contributed by atoms with E-state index in [1.165, 1.54) is 25.1 Å². The molecule has 0 amide bonds. The van der Waals surface area contributed by atoms with Crippen molar-refractivity contribution in [3.8, 4) is 6.07 Å². The minimum absolute atomic E-state index is 0.0341. The van der Waals surface area contributed by atoms with Gasteiger partial charge in [0.25, 0.3) is 5.69 Å². The first-order chi connectivity index (χ1) is 7.97. The Morgan fingerprint density at radius 1 is 1.65 bits per heavy atom. The summed E-state index contributed by atoms with van der Waals surface area (Å²) < 4.78 is 0. The fourth-order valence-corrected chi connectivity index (χ4v) is 1.86. The zero-order valence-corrected chi connectivity index (χ0v) is 10.6. The molecule has 1 atom stereocenters. The van der Waals surface area contributed by atoms with E-state index in [4.69, 9.17) is 5.26 Å². The number of rotatable bonds is 4. The molecule has 0 aliphatic heterocycles. The molecule has 0 aromatic heterocycles. The first kappa shape index (κ1) is 13.3. The summed E-state index contributed by atoms with van der Waals surface area (Å²) in [4.78, 5) is 20.8. The van der Waals surface area contributed by atoms with Crippen LogP contribution in [0.4, 0.5) is 5.69 Å². The Morgan fingerprint density at radius 3 is 2.76 bits per heavy atom. The lowest BCUT2D eigenvalue weighted by atomic mass is 10.00. The van der Waals surface area contributed by atoms with Crippen molar-refractivity contribution in [1.82, 2.24) is 0 Å². The van der Waals surface area contributed by atoms with E-state index in [1.807, 2.05) is 6.07 Å². The van der Waals surface area contributed by atoms with Crippen LogP contribution in [0.3, 0.4) is 0 Å². The maximum atomic E-state index is 11.3. The van der Waals surface area contributed by atoms with Gasteiger partial charge in [-0.05, 0) is 18.1 Å². The van der Waals surface area contributed by atoms with E-state index in [2.05, 4.69) is 15.9 Å². The van der Waals surface area contributed by atoms with Crippen LogP contribution in [0.2, 0.25) is 0 Å². The van der Waals surface area contributed by atoms with Gasteiger partial charge in [-0.1, -0.05) is 22.0 Å². The molecule has 0 radical (unpaired) electrons. The number of nitriles is 1. The average Bonchev–Trinajstić information content (AvgIpc) is 2.28. The number of non-ortho nitro benzene ring substituents is 1. The van der Waals surface area contributed by atoms with E-state index < -0.39 is 9.75 Å². The van der Waals surface area contributed by atoms with Crippen LogP contribution in [0.15, 0.2) is 18.2 Å². The number of Topliss-reactive ketones (excluding diaryl/α,β-unsaturated/α-hetero) is 1. The second kappa shape index (κ2) is 5.55. The first-order valence-corrected chi connectivity index (χ1v) is 5.67. The van der Waals surface area contributed by atoms with Crippen LogP contribution in [0.1, 0.15) is 22.9 Å². The first-order valence-electron chi connectivity index (χ1n) is 4.76. The summed E-state index contributed by atoms with van der Waals surface area (Å²) in [5, 5.41) is 19.3. The van der Waals surface area contributed by atoms with E-state index >= 15 is 0 Å². The largest absolute Gasteiger partial charge is 0.298 e. The van der Waals surface area contributed by atoms with Gasteiger partial charge in [0.2, 0.25) is 0 Å². The van der Waals surface area contributed by atoms with Crippen LogP contribution in [0.25, 0.3) is 0 Å². The van der Waals surface area contributed by atoms with Gasteiger partial charge in [0, 0.05) is 12.1 Å². The number of hydrogen-bond acceptors (Lipinski definition) is 4. The summed E-state index contributed by atoms with van der Waals surface area (Å²) in [6.45, 7) is 1.41. The Balaban J connectivity index is 3.27. The molecule has 0 saturated heterocycles. The molecule has 1 rings (SSSR count). The van der Waals surface area contributed by atoms with Crippen LogP contribution < -0.4 is 0 Å². The smallest absolute Gasteiger partial charge is 0.269 e. The van der Waals surface area contributed by atoms with Gasteiger partial charge in [0.15, 0.2) is 0 Å². The van der Waals surface area contributed by atoms with Gasteiger partial charge in [0.1, 0.15) is 5.78 Å². The van der Waals surface area contributed by atoms with Crippen LogP contribution in [0.5, 0.6) is 0 Å². The number of nitrogens with zero attached hydrogens (tertiary/aromatic N) is 2. The van der Waals surface area contributed by atoms with Crippen LogP contribution in [-0.2, 0) is 11.2 Å². The fraction of sp³-hybridized carbons (Fsp3) is 0.273. The minimum Gasteiger partial charge on any atom is -0.298 e. The Labute approximate surface area is 106 Å². The van der Waals surface area contributed by atoms with Gasteiger partial charge < -0.3 is 0 Å². The lowest BCUT2D eigenvalue weighted by molar-refractivity contribution is -0.384. The number of nitro benzene ring substituents is 1. The summed E-state index contributed by atoms with van der Waals surface area (Å²) in [6, 6.07) is 6.09. The molecule has 1 unspecified atom stereocenters. The number of ketones is 1. The third kappa shape index (κ3) is 3.11. The topological polar surface area (TPSA) is 84.0 Å². The molecule has 1 aromatic carbocycles. The quantitative estimate of drug-likeness (QED) is 0.486. The number of nitro groups is 1. The predicted molar refractivity (Wildman–Crippen MR) is 64.8 cm³/mol. The third-order valence-electron chi connectivity index (χ3n) is 2.24. The zero-order chi connectivity index (χ0) is 13.0. The van der Waals surface area contributed by atoms with Gasteiger partial charge in [-0.15, -0.1) is 0 Å². The third-order valence-corrected chi connectivity index (χ3v) is 3.37. The lowest BCUT2D eigenvalue weighted by Gasteiger charge is -2.10. The van der Waals surface area contributed by atoms with Crippen LogP contribution >= 0.6 is 15.9 Å². The van der Waals surface area contributed by atoms with Crippen LogP contribution in [-0.4, -0.2) is 10.7 Å². The van der Waals surface area contributed by atoms with Gasteiger partial charge in [0.05, 0.1) is 22.2 Å². The highest BCUT2D eigenvalue weighted by atomic mass is 79.9. The maximum absolute atomic E-state index is 11.3. The molecule has 0 saturated carbocycles. The van der Waals surface area contributed by atoms with E-state index in [0.717, 1.165) is 0 Å². The van der Waals surface area contributed by atoms with Crippen molar-refractivity contribution in [3.05, 3.63) is 39.4 Å². The molecular formula is C11H9BrN2O3. The summed E-state index contributed by atoms with van der Waals surface area (Å²) in [5.74, 6) is -0.113. The van der Waals surface area contributed by atoms with Crippen molar-refractivity contribution >= 4 is 27.4 Å². The summed E-state index contributed by atoms with van der Waals surface area (Å²) in [6.07, 6.45) is 0.0341. The number of carbonyl (C=O) groups excluding carboxylic acids is 1. The van der Waals surface area contributed by atoms with Crippen LogP contribution in [0, 0.1) is 21.4 Å². The van der Waals surface area contributed by atoms with Crippen molar-refractivity contribution < 1.29 is 9.72 Å². The molecule has 0 aliphatic carbocycles. The van der Waals surface area contributed by atoms with Crippen molar-refractivity contribution in [2.24, 2.45) is 0 Å². The zero-order valence-electron chi connectivity index (χ0n) is 9.01. The van der Waals surface area contributed by atoms with Gasteiger partial charge >= 0.3 is 0 Å². The SMILES string of the molecule is CC(=O)C(Br)c1ccc([N+](=O)[O-])cc1CC#N. The normalized spacial score (nSPS) is 11.6. The number of benzene rings is 1. The van der Waals surface area contributed by atoms with E-state index in [9.17, 15) is 14.9 Å². The molecular weight excluding hydrogens is 288 g/mol. The molecule has 88 valence electrons. The van der Waals surface area contributed by atoms with Crippen molar-refractivity contribution in [1.29, 1.82) is 5.26 Å². The average molecular weight is 297 g/mol.